The fraction of sp³-hybridized carbons (Fsp3) is 0.385. The Labute approximate surface area is 187 Å². The van der Waals surface area contributed by atoms with Crippen molar-refractivity contribution in [3.8, 4) is 0 Å². The number of hydrogen-bond donors (Lipinski definition) is 3. The average Bonchev–Trinajstić information content (AvgIpc) is 3.04. The first-order chi connectivity index (χ1) is 15.5. The molecule has 2 saturated heterocycles. The van der Waals surface area contributed by atoms with E-state index in [1.54, 1.807) is 0 Å². The monoisotopic (exact) mass is 435 g/mol. The van der Waals surface area contributed by atoms with Gasteiger partial charge in [0.1, 0.15) is 6.10 Å². The molecule has 168 valence electrons. The summed E-state index contributed by atoms with van der Waals surface area (Å²) < 4.78 is 6.81. The maximum absolute atomic E-state index is 9.55. The van der Waals surface area contributed by atoms with E-state index in [4.69, 9.17) is 14.9 Å². The summed E-state index contributed by atoms with van der Waals surface area (Å²) in [7, 11) is 0. The van der Waals surface area contributed by atoms with Gasteiger partial charge in [0.05, 0.1) is 6.10 Å². The molecule has 0 radical (unpaired) electrons. The number of carboxylic acids is 2. The third kappa shape index (κ3) is 5.44. The summed E-state index contributed by atoms with van der Waals surface area (Å²) in [5, 5.41) is 19.4. The molecular weight excluding hydrogens is 406 g/mol. The zero-order valence-corrected chi connectivity index (χ0v) is 17.9. The van der Waals surface area contributed by atoms with Crippen LogP contribution in [0.3, 0.4) is 0 Å². The molecule has 1 unspecified atom stereocenters. The van der Waals surface area contributed by atoms with Gasteiger partial charge in [0.2, 0.25) is 0 Å². The summed E-state index contributed by atoms with van der Waals surface area (Å²) in [4.78, 5) is 19.1. The number of fused-ring (bicyclic) bond motifs is 4. The van der Waals surface area contributed by atoms with E-state index in [1.165, 1.54) is 35.1 Å². The molecule has 6 nitrogen and oxygen atoms in total. The highest BCUT2D eigenvalue weighted by molar-refractivity contribution is 5.89. The molecular formula is C26H29NO5. The van der Waals surface area contributed by atoms with E-state index in [2.05, 4.69) is 53.8 Å². The zero-order chi connectivity index (χ0) is 22.5. The summed E-state index contributed by atoms with van der Waals surface area (Å²) in [6, 6.07) is 19.1. The van der Waals surface area contributed by atoms with Gasteiger partial charge in [0.15, 0.2) is 0 Å². The van der Waals surface area contributed by atoms with E-state index in [1.807, 2.05) is 0 Å². The van der Waals surface area contributed by atoms with Gasteiger partial charge in [-0.15, -0.1) is 0 Å². The van der Waals surface area contributed by atoms with Crippen molar-refractivity contribution in [3.05, 3.63) is 82.9 Å². The van der Waals surface area contributed by atoms with Gasteiger partial charge in [0.25, 0.3) is 0 Å². The van der Waals surface area contributed by atoms with Gasteiger partial charge in [0, 0.05) is 24.2 Å². The molecule has 6 heteroatoms. The summed E-state index contributed by atoms with van der Waals surface area (Å²) in [5.74, 6) is -2.51. The highest BCUT2D eigenvalue weighted by atomic mass is 16.5. The van der Waals surface area contributed by atoms with Gasteiger partial charge in [-0.2, -0.15) is 0 Å². The van der Waals surface area contributed by atoms with Crippen LogP contribution < -0.4 is 5.32 Å². The highest BCUT2D eigenvalue weighted by Gasteiger charge is 2.36. The van der Waals surface area contributed by atoms with Crippen LogP contribution in [0.2, 0.25) is 0 Å². The minimum absolute atomic E-state index is 0.0994. The van der Waals surface area contributed by atoms with E-state index >= 15 is 0 Å². The lowest BCUT2D eigenvalue weighted by molar-refractivity contribution is -0.134. The third-order valence-corrected chi connectivity index (χ3v) is 6.47. The summed E-state index contributed by atoms with van der Waals surface area (Å²) in [6.07, 6.45) is 8.80. The molecule has 0 spiro atoms. The van der Waals surface area contributed by atoms with E-state index in [-0.39, 0.29) is 6.10 Å². The molecule has 3 aliphatic rings. The molecule has 5 rings (SSSR count). The van der Waals surface area contributed by atoms with Crippen molar-refractivity contribution in [3.63, 3.8) is 0 Å². The molecule has 2 fully saturated rings. The first-order valence-corrected chi connectivity index (χ1v) is 11.2. The molecule has 1 aliphatic carbocycles. The Morgan fingerprint density at radius 3 is 1.75 bits per heavy atom. The van der Waals surface area contributed by atoms with E-state index in [9.17, 15) is 9.59 Å². The summed E-state index contributed by atoms with van der Waals surface area (Å²) >= 11 is 0. The lowest BCUT2D eigenvalue weighted by atomic mass is 9.95. The summed E-state index contributed by atoms with van der Waals surface area (Å²) in [6.45, 7) is 0. The van der Waals surface area contributed by atoms with E-state index in [0.29, 0.717) is 30.3 Å². The molecule has 2 heterocycles. The second kappa shape index (κ2) is 10.1. The minimum atomic E-state index is -1.26. The van der Waals surface area contributed by atoms with Gasteiger partial charge in [-0.25, -0.2) is 9.59 Å². The SMILES string of the molecule is O=C(O)/C=C\C(=O)O.c1ccc2c(c1)CCc1ccccc1C2OC1C[C@H]2CC[C@@H](C1)N2. The van der Waals surface area contributed by atoms with Crippen LogP contribution in [0.25, 0.3) is 0 Å². The van der Waals surface area contributed by atoms with Gasteiger partial charge >= 0.3 is 11.9 Å². The Hall–Kier alpha value is -2.96. The van der Waals surface area contributed by atoms with E-state index in [0.717, 1.165) is 25.7 Å². The molecule has 0 amide bonds. The number of piperidine rings is 1. The van der Waals surface area contributed by atoms with Crippen LogP contribution in [-0.2, 0) is 27.2 Å². The maximum atomic E-state index is 9.55. The number of rotatable bonds is 4. The van der Waals surface area contributed by atoms with Gasteiger partial charge in [-0.3, -0.25) is 0 Å². The number of benzene rings is 2. The fourth-order valence-electron chi connectivity index (χ4n) is 5.07. The van der Waals surface area contributed by atoms with Crippen molar-refractivity contribution in [1.82, 2.24) is 5.32 Å². The molecule has 3 atom stereocenters. The predicted octanol–water partition coefficient (Wildman–Crippen LogP) is 3.89. The number of aryl methyl sites for hydroxylation is 2. The highest BCUT2D eigenvalue weighted by Crippen LogP contribution is 2.38. The van der Waals surface area contributed by atoms with E-state index < -0.39 is 11.9 Å². The number of ether oxygens (including phenoxy) is 1. The average molecular weight is 436 g/mol. The molecule has 2 bridgehead atoms. The lowest BCUT2D eigenvalue weighted by Crippen LogP contribution is -2.41. The smallest absolute Gasteiger partial charge is 0.328 e. The number of aliphatic carboxylic acids is 2. The number of carboxylic acid groups (broad SMARTS) is 2. The number of hydrogen-bond acceptors (Lipinski definition) is 4. The van der Waals surface area contributed by atoms with Crippen molar-refractivity contribution >= 4 is 11.9 Å². The number of carbonyl (C=O) groups is 2. The first kappa shape index (κ1) is 22.2. The molecule has 2 aromatic rings. The lowest BCUT2D eigenvalue weighted by Gasteiger charge is -2.33. The third-order valence-electron chi connectivity index (χ3n) is 6.47. The molecule has 3 N–H and O–H groups in total. The first-order valence-electron chi connectivity index (χ1n) is 11.2. The van der Waals surface area contributed by atoms with Crippen molar-refractivity contribution in [2.45, 2.75) is 62.8 Å². The fourth-order valence-corrected chi connectivity index (χ4v) is 5.07. The van der Waals surface area contributed by atoms with Crippen LogP contribution >= 0.6 is 0 Å². The van der Waals surface area contributed by atoms with Crippen LogP contribution in [0.15, 0.2) is 60.7 Å². The van der Waals surface area contributed by atoms with Crippen molar-refractivity contribution in [1.29, 1.82) is 0 Å². The van der Waals surface area contributed by atoms with Crippen LogP contribution in [-0.4, -0.2) is 40.3 Å². The maximum Gasteiger partial charge on any atom is 0.328 e. The van der Waals surface area contributed by atoms with Crippen molar-refractivity contribution in [2.75, 3.05) is 0 Å². The Kier molecular flexibility index (Phi) is 7.02. The largest absolute Gasteiger partial charge is 0.478 e. The van der Waals surface area contributed by atoms with Crippen molar-refractivity contribution in [2.24, 2.45) is 0 Å². The molecule has 0 aromatic heterocycles. The Bertz CT molecular complexity index is 926. The number of nitrogens with one attached hydrogen (secondary N) is 1. The Balaban J connectivity index is 0.000000265. The van der Waals surface area contributed by atoms with Crippen molar-refractivity contribution < 1.29 is 24.5 Å². The van der Waals surface area contributed by atoms with Crippen LogP contribution in [0.5, 0.6) is 0 Å². The normalized spacial score (nSPS) is 24.1. The molecule has 2 aliphatic heterocycles. The minimum Gasteiger partial charge on any atom is -0.478 e. The standard InChI is InChI=1S/C22H25NO.C4H4O4/c1-3-7-20-15(5-1)9-10-16-6-2-4-8-21(16)22(20)24-19-13-17-11-12-18(14-19)23-17;5-3(6)1-2-4(7)8/h1-8,17-19,22-23H,9-14H2;1-2H,(H,5,6)(H,7,8)/b;2-1-/t17-,18+,19?;. The second-order valence-corrected chi connectivity index (χ2v) is 8.65. The summed E-state index contributed by atoms with van der Waals surface area (Å²) in [5.41, 5.74) is 5.67. The molecule has 2 aromatic carbocycles. The van der Waals surface area contributed by atoms with Crippen LogP contribution in [0.4, 0.5) is 0 Å². The van der Waals surface area contributed by atoms with Gasteiger partial charge < -0.3 is 20.3 Å². The Morgan fingerprint density at radius 2 is 1.28 bits per heavy atom. The van der Waals surface area contributed by atoms with Crippen LogP contribution in [0.1, 0.15) is 54.0 Å². The quantitative estimate of drug-likeness (QED) is 0.631. The molecule has 32 heavy (non-hydrogen) atoms. The zero-order valence-electron chi connectivity index (χ0n) is 17.9. The topological polar surface area (TPSA) is 95.9 Å². The molecule has 0 saturated carbocycles. The Morgan fingerprint density at radius 1 is 0.812 bits per heavy atom. The van der Waals surface area contributed by atoms with Gasteiger partial charge in [-0.05, 0) is 60.8 Å². The predicted molar refractivity (Wildman–Crippen MR) is 121 cm³/mol. The second-order valence-electron chi connectivity index (χ2n) is 8.65. The van der Waals surface area contributed by atoms with Crippen LogP contribution in [0, 0.1) is 0 Å². The van der Waals surface area contributed by atoms with Gasteiger partial charge in [-0.1, -0.05) is 48.5 Å².